The SMILES string of the molecule is COCCN(c1cc(Cl)cc2c(NCc3c(C)cc(C)[nH]c3=O)nccc12)C1CCC(N(C)C)CC1. The number of aromatic amines is 1. The van der Waals surface area contributed by atoms with Gasteiger partial charge in [0.2, 0.25) is 0 Å². The van der Waals surface area contributed by atoms with Gasteiger partial charge in [-0.15, -0.1) is 0 Å². The van der Waals surface area contributed by atoms with E-state index in [-0.39, 0.29) is 5.56 Å². The van der Waals surface area contributed by atoms with E-state index < -0.39 is 0 Å². The van der Waals surface area contributed by atoms with E-state index in [0.29, 0.717) is 35.8 Å². The van der Waals surface area contributed by atoms with Gasteiger partial charge in [-0.2, -0.15) is 0 Å². The topological polar surface area (TPSA) is 73.5 Å². The molecule has 194 valence electrons. The summed E-state index contributed by atoms with van der Waals surface area (Å²) < 4.78 is 5.49. The number of anilines is 2. The number of rotatable bonds is 9. The molecule has 0 unspecified atom stereocenters. The molecule has 1 aliphatic carbocycles. The zero-order valence-corrected chi connectivity index (χ0v) is 22.8. The normalized spacial score (nSPS) is 18.1. The van der Waals surface area contributed by atoms with Crippen molar-refractivity contribution in [3.05, 3.63) is 62.7 Å². The first-order valence-electron chi connectivity index (χ1n) is 12.7. The van der Waals surface area contributed by atoms with Crippen LogP contribution in [-0.4, -0.2) is 61.3 Å². The molecule has 2 aromatic heterocycles. The van der Waals surface area contributed by atoms with Crippen LogP contribution in [0.4, 0.5) is 11.5 Å². The number of pyridine rings is 2. The van der Waals surface area contributed by atoms with Gasteiger partial charge in [0.1, 0.15) is 5.82 Å². The molecule has 0 aliphatic heterocycles. The summed E-state index contributed by atoms with van der Waals surface area (Å²) in [6.07, 6.45) is 6.45. The highest BCUT2D eigenvalue weighted by molar-refractivity contribution is 6.32. The third kappa shape index (κ3) is 5.85. The lowest BCUT2D eigenvalue weighted by molar-refractivity contribution is 0.190. The van der Waals surface area contributed by atoms with Crippen LogP contribution in [-0.2, 0) is 11.3 Å². The summed E-state index contributed by atoms with van der Waals surface area (Å²) in [6, 6.07) is 9.13. The first-order valence-corrected chi connectivity index (χ1v) is 13.1. The molecule has 7 nitrogen and oxygen atoms in total. The molecule has 0 amide bonds. The molecule has 2 N–H and O–H groups in total. The minimum absolute atomic E-state index is 0.0713. The van der Waals surface area contributed by atoms with Crippen LogP contribution in [0.1, 0.15) is 42.5 Å². The third-order valence-electron chi connectivity index (χ3n) is 7.43. The van der Waals surface area contributed by atoms with Gasteiger partial charge in [-0.3, -0.25) is 4.79 Å². The number of ether oxygens (including phenoxy) is 1. The van der Waals surface area contributed by atoms with Gasteiger partial charge in [-0.05, 0) is 83.5 Å². The van der Waals surface area contributed by atoms with E-state index in [1.807, 2.05) is 32.2 Å². The molecule has 0 spiro atoms. The summed E-state index contributed by atoms with van der Waals surface area (Å²) in [5.41, 5.74) is 3.57. The number of fused-ring (bicyclic) bond motifs is 1. The van der Waals surface area contributed by atoms with Gasteiger partial charge < -0.3 is 24.8 Å². The Bertz CT molecular complexity index is 1250. The van der Waals surface area contributed by atoms with Gasteiger partial charge in [0.15, 0.2) is 0 Å². The van der Waals surface area contributed by atoms with Gasteiger partial charge in [-0.1, -0.05) is 11.6 Å². The molecular formula is C28H38ClN5O2. The minimum atomic E-state index is -0.0713. The van der Waals surface area contributed by atoms with Gasteiger partial charge in [0.25, 0.3) is 5.56 Å². The Hall–Kier alpha value is -2.61. The number of nitrogens with one attached hydrogen (secondary N) is 2. The van der Waals surface area contributed by atoms with Crippen molar-refractivity contribution in [1.82, 2.24) is 14.9 Å². The fourth-order valence-corrected chi connectivity index (χ4v) is 5.67. The highest BCUT2D eigenvalue weighted by atomic mass is 35.5. The molecule has 1 aromatic carbocycles. The number of methoxy groups -OCH3 is 1. The number of nitrogens with zero attached hydrogens (tertiary/aromatic N) is 3. The van der Waals surface area contributed by atoms with Crippen LogP contribution in [0, 0.1) is 13.8 Å². The monoisotopic (exact) mass is 511 g/mol. The van der Waals surface area contributed by atoms with E-state index in [2.05, 4.69) is 51.3 Å². The molecule has 0 radical (unpaired) electrons. The number of H-pyrrole nitrogens is 1. The van der Waals surface area contributed by atoms with Gasteiger partial charge in [-0.25, -0.2) is 4.98 Å². The number of aromatic nitrogens is 2. The Morgan fingerprint density at radius 2 is 1.83 bits per heavy atom. The van der Waals surface area contributed by atoms with Crippen LogP contribution in [0.2, 0.25) is 5.02 Å². The maximum atomic E-state index is 12.5. The first kappa shape index (κ1) is 26.5. The summed E-state index contributed by atoms with van der Waals surface area (Å²) in [7, 11) is 6.09. The quantitative estimate of drug-likeness (QED) is 0.415. The zero-order valence-electron chi connectivity index (χ0n) is 22.0. The average Bonchev–Trinajstić information content (AvgIpc) is 2.84. The lowest BCUT2D eigenvalue weighted by Gasteiger charge is -2.40. The lowest BCUT2D eigenvalue weighted by Crippen LogP contribution is -2.43. The fourth-order valence-electron chi connectivity index (χ4n) is 5.46. The highest BCUT2D eigenvalue weighted by Gasteiger charge is 2.28. The second kappa shape index (κ2) is 11.6. The zero-order chi connectivity index (χ0) is 25.8. The molecule has 8 heteroatoms. The predicted molar refractivity (Wildman–Crippen MR) is 150 cm³/mol. The molecule has 1 aliphatic rings. The Labute approximate surface area is 218 Å². The molecule has 1 fully saturated rings. The van der Waals surface area contributed by atoms with E-state index in [4.69, 9.17) is 16.3 Å². The maximum absolute atomic E-state index is 12.5. The van der Waals surface area contributed by atoms with Crippen LogP contribution in [0.25, 0.3) is 10.8 Å². The Morgan fingerprint density at radius 1 is 1.11 bits per heavy atom. The van der Waals surface area contributed by atoms with Crippen molar-refractivity contribution in [1.29, 1.82) is 0 Å². The molecule has 1 saturated carbocycles. The van der Waals surface area contributed by atoms with Gasteiger partial charge in [0.05, 0.1) is 6.61 Å². The predicted octanol–water partition coefficient (Wildman–Crippen LogP) is 5.13. The molecule has 0 atom stereocenters. The van der Waals surface area contributed by atoms with Crippen molar-refractivity contribution >= 4 is 33.9 Å². The molecule has 0 bridgehead atoms. The number of hydrogen-bond acceptors (Lipinski definition) is 6. The first-order chi connectivity index (χ1) is 17.3. The van der Waals surface area contributed by atoms with Crippen molar-refractivity contribution in [2.45, 2.75) is 58.2 Å². The Morgan fingerprint density at radius 3 is 2.50 bits per heavy atom. The van der Waals surface area contributed by atoms with E-state index in [0.717, 1.165) is 52.9 Å². The average molecular weight is 512 g/mol. The summed E-state index contributed by atoms with van der Waals surface area (Å²) >= 11 is 6.69. The summed E-state index contributed by atoms with van der Waals surface area (Å²) in [5.74, 6) is 0.721. The van der Waals surface area contributed by atoms with Gasteiger partial charge in [0, 0.05) is 71.2 Å². The molecule has 4 rings (SSSR count). The number of hydrogen-bond donors (Lipinski definition) is 2. The lowest BCUT2D eigenvalue weighted by atomic mass is 9.89. The van der Waals surface area contributed by atoms with Crippen LogP contribution in [0.5, 0.6) is 0 Å². The number of aryl methyl sites for hydroxylation is 2. The van der Waals surface area contributed by atoms with Crippen molar-refractivity contribution in [2.24, 2.45) is 0 Å². The Kier molecular flexibility index (Phi) is 8.54. The van der Waals surface area contributed by atoms with Crippen LogP contribution < -0.4 is 15.8 Å². The maximum Gasteiger partial charge on any atom is 0.253 e. The summed E-state index contributed by atoms with van der Waals surface area (Å²) in [6.45, 7) is 5.68. The highest BCUT2D eigenvalue weighted by Crippen LogP contribution is 2.37. The van der Waals surface area contributed by atoms with E-state index in [1.165, 1.54) is 12.8 Å². The van der Waals surface area contributed by atoms with Crippen molar-refractivity contribution in [2.75, 3.05) is 44.6 Å². The van der Waals surface area contributed by atoms with E-state index in [9.17, 15) is 4.79 Å². The van der Waals surface area contributed by atoms with E-state index >= 15 is 0 Å². The smallest absolute Gasteiger partial charge is 0.253 e. The van der Waals surface area contributed by atoms with Crippen molar-refractivity contribution in [3.63, 3.8) is 0 Å². The summed E-state index contributed by atoms with van der Waals surface area (Å²) in [4.78, 5) is 24.8. The van der Waals surface area contributed by atoms with E-state index in [1.54, 1.807) is 7.11 Å². The van der Waals surface area contributed by atoms with Gasteiger partial charge >= 0.3 is 0 Å². The number of benzene rings is 1. The minimum Gasteiger partial charge on any atom is -0.383 e. The molecular weight excluding hydrogens is 474 g/mol. The van der Waals surface area contributed by atoms with Crippen molar-refractivity contribution in [3.8, 4) is 0 Å². The molecule has 36 heavy (non-hydrogen) atoms. The largest absolute Gasteiger partial charge is 0.383 e. The standard InChI is InChI=1S/C28H38ClN5O2/c1-18-14-19(2)32-28(35)25(18)17-31-27-24-15-20(29)16-26(23(24)10-11-30-27)34(12-13-36-5)22-8-6-21(7-9-22)33(3)4/h10-11,14-16,21-22H,6-9,12-13,17H2,1-5H3,(H,30,31)(H,32,35). The molecule has 0 saturated heterocycles. The second-order valence-corrected chi connectivity index (χ2v) is 10.5. The summed E-state index contributed by atoms with van der Waals surface area (Å²) in [5, 5.41) is 6.11. The molecule has 3 aromatic rings. The Balaban J connectivity index is 1.67. The van der Waals surface area contributed by atoms with Crippen LogP contribution in [0.15, 0.2) is 35.3 Å². The van der Waals surface area contributed by atoms with Crippen LogP contribution in [0.3, 0.4) is 0 Å². The second-order valence-electron chi connectivity index (χ2n) is 10.1. The van der Waals surface area contributed by atoms with Crippen molar-refractivity contribution < 1.29 is 4.74 Å². The number of halogens is 1. The third-order valence-corrected chi connectivity index (χ3v) is 7.65. The molecule has 2 heterocycles. The van der Waals surface area contributed by atoms with Crippen LogP contribution >= 0.6 is 11.6 Å². The fraction of sp³-hybridized carbons (Fsp3) is 0.500.